The predicted octanol–water partition coefficient (Wildman–Crippen LogP) is 2.53. The van der Waals surface area contributed by atoms with Gasteiger partial charge in [-0.05, 0) is 25.8 Å². The molecular weight excluding hydrogens is 287 g/mol. The van der Waals surface area contributed by atoms with Crippen LogP contribution in [0, 0.1) is 0 Å². The molecule has 5 nitrogen and oxygen atoms in total. The topological polar surface area (TPSA) is 67.2 Å². The van der Waals surface area contributed by atoms with Crippen molar-refractivity contribution in [2.24, 2.45) is 0 Å². The Morgan fingerprint density at radius 3 is 2.52 bits per heavy atom. The highest BCUT2D eigenvalue weighted by Gasteiger charge is 2.35. The first kappa shape index (κ1) is 17.5. The molecule has 0 aromatic carbocycles. The van der Waals surface area contributed by atoms with E-state index in [2.05, 4.69) is 10.4 Å². The maximum atomic E-state index is 12.4. The number of carboxylic acid groups (broad SMARTS) is 1. The molecule has 0 saturated heterocycles. The predicted molar refractivity (Wildman–Crippen MR) is 70.8 cm³/mol. The van der Waals surface area contributed by atoms with Crippen LogP contribution >= 0.6 is 0 Å². The molecule has 0 fully saturated rings. The van der Waals surface area contributed by atoms with Crippen molar-refractivity contribution in [3.8, 4) is 0 Å². The maximum absolute atomic E-state index is 12.4. The monoisotopic (exact) mass is 307 g/mol. The van der Waals surface area contributed by atoms with Crippen LogP contribution in [0.15, 0.2) is 12.4 Å². The van der Waals surface area contributed by atoms with Crippen molar-refractivity contribution >= 4 is 5.97 Å². The Kier molecular flexibility index (Phi) is 5.77. The standard InChI is InChI=1S/C13H20F3N3O2/c1-3-12(11(20)21,17-4-2)6-5-7-19-9-10(8-18-19)13(14,15)16/h8-9,17H,3-7H2,1-2H3,(H,20,21). The molecule has 0 aliphatic rings. The molecule has 0 aliphatic carbocycles. The molecule has 0 amide bonds. The summed E-state index contributed by atoms with van der Waals surface area (Å²) < 4.78 is 38.5. The van der Waals surface area contributed by atoms with E-state index in [1.807, 2.05) is 6.92 Å². The fourth-order valence-corrected chi connectivity index (χ4v) is 2.24. The van der Waals surface area contributed by atoms with Crippen LogP contribution in [0.2, 0.25) is 0 Å². The molecule has 1 heterocycles. The zero-order chi connectivity index (χ0) is 16.1. The highest BCUT2D eigenvalue weighted by Crippen LogP contribution is 2.28. The second-order valence-corrected chi connectivity index (χ2v) is 4.86. The van der Waals surface area contributed by atoms with E-state index in [9.17, 15) is 23.1 Å². The number of carbonyl (C=O) groups is 1. The highest BCUT2D eigenvalue weighted by molar-refractivity contribution is 5.78. The molecule has 0 bridgehead atoms. The second-order valence-electron chi connectivity index (χ2n) is 4.86. The Morgan fingerprint density at radius 2 is 2.10 bits per heavy atom. The van der Waals surface area contributed by atoms with Crippen molar-refractivity contribution < 1.29 is 23.1 Å². The molecule has 1 rings (SSSR count). The molecule has 1 aromatic heterocycles. The average Bonchev–Trinajstić information content (AvgIpc) is 2.86. The van der Waals surface area contributed by atoms with Crippen molar-refractivity contribution in [1.82, 2.24) is 15.1 Å². The van der Waals surface area contributed by atoms with Gasteiger partial charge >= 0.3 is 12.1 Å². The lowest BCUT2D eigenvalue weighted by atomic mass is 9.90. The number of rotatable bonds is 8. The molecule has 0 spiro atoms. The Bertz CT molecular complexity index is 473. The number of nitrogens with one attached hydrogen (secondary N) is 1. The molecule has 8 heteroatoms. The van der Waals surface area contributed by atoms with Crippen LogP contribution in [0.3, 0.4) is 0 Å². The van der Waals surface area contributed by atoms with Gasteiger partial charge in [0, 0.05) is 12.7 Å². The number of aromatic nitrogens is 2. The van der Waals surface area contributed by atoms with E-state index in [0.29, 0.717) is 25.8 Å². The van der Waals surface area contributed by atoms with E-state index in [1.54, 1.807) is 6.92 Å². The zero-order valence-corrected chi connectivity index (χ0v) is 12.1. The first-order valence-corrected chi connectivity index (χ1v) is 6.83. The van der Waals surface area contributed by atoms with E-state index in [1.165, 1.54) is 4.68 Å². The van der Waals surface area contributed by atoms with Crippen molar-refractivity contribution in [3.63, 3.8) is 0 Å². The minimum Gasteiger partial charge on any atom is -0.480 e. The Labute approximate surface area is 121 Å². The van der Waals surface area contributed by atoms with Gasteiger partial charge in [-0.1, -0.05) is 13.8 Å². The molecule has 0 saturated carbocycles. The van der Waals surface area contributed by atoms with Gasteiger partial charge in [-0.15, -0.1) is 0 Å². The van der Waals surface area contributed by atoms with Gasteiger partial charge in [0.25, 0.3) is 0 Å². The van der Waals surface area contributed by atoms with Crippen molar-refractivity contribution in [1.29, 1.82) is 0 Å². The number of alkyl halides is 3. The van der Waals surface area contributed by atoms with Gasteiger partial charge in [0.05, 0.1) is 11.8 Å². The Balaban J connectivity index is 2.62. The summed E-state index contributed by atoms with van der Waals surface area (Å²) in [7, 11) is 0. The van der Waals surface area contributed by atoms with Crippen molar-refractivity contribution in [3.05, 3.63) is 18.0 Å². The van der Waals surface area contributed by atoms with Crippen molar-refractivity contribution in [2.45, 2.75) is 51.4 Å². The minimum absolute atomic E-state index is 0.247. The van der Waals surface area contributed by atoms with Gasteiger partial charge in [0.2, 0.25) is 0 Å². The third kappa shape index (κ3) is 4.45. The molecule has 1 aromatic rings. The lowest BCUT2D eigenvalue weighted by Gasteiger charge is -2.29. The normalized spacial score (nSPS) is 14.9. The largest absolute Gasteiger partial charge is 0.480 e. The van der Waals surface area contributed by atoms with Crippen LogP contribution in [0.25, 0.3) is 0 Å². The first-order valence-electron chi connectivity index (χ1n) is 6.83. The summed E-state index contributed by atoms with van der Waals surface area (Å²) in [5.41, 5.74) is -1.83. The molecular formula is C13H20F3N3O2. The van der Waals surface area contributed by atoms with Crippen LogP contribution < -0.4 is 5.32 Å². The second kappa shape index (κ2) is 6.93. The summed E-state index contributed by atoms with van der Waals surface area (Å²) >= 11 is 0. The third-order valence-corrected chi connectivity index (χ3v) is 3.48. The number of halogens is 3. The Morgan fingerprint density at radius 1 is 1.43 bits per heavy atom. The van der Waals surface area contributed by atoms with Gasteiger partial charge in [-0.3, -0.25) is 9.48 Å². The molecule has 1 atom stereocenters. The Hall–Kier alpha value is -1.57. The van der Waals surface area contributed by atoms with E-state index >= 15 is 0 Å². The summed E-state index contributed by atoms with van der Waals surface area (Å²) in [6.45, 7) is 4.35. The number of aryl methyl sites for hydroxylation is 1. The lowest BCUT2D eigenvalue weighted by molar-refractivity contribution is -0.145. The minimum atomic E-state index is -4.41. The third-order valence-electron chi connectivity index (χ3n) is 3.48. The summed E-state index contributed by atoms with van der Waals surface area (Å²) in [5, 5.41) is 15.9. The average molecular weight is 307 g/mol. The fraction of sp³-hybridized carbons (Fsp3) is 0.692. The zero-order valence-electron chi connectivity index (χ0n) is 12.1. The molecule has 120 valence electrons. The van der Waals surface area contributed by atoms with E-state index in [0.717, 1.165) is 12.4 Å². The maximum Gasteiger partial charge on any atom is 0.419 e. The van der Waals surface area contributed by atoms with Gasteiger partial charge in [0.1, 0.15) is 5.54 Å². The quantitative estimate of drug-likeness (QED) is 0.774. The number of nitrogens with zero attached hydrogens (tertiary/aromatic N) is 2. The van der Waals surface area contributed by atoms with E-state index < -0.39 is 23.2 Å². The lowest BCUT2D eigenvalue weighted by Crippen LogP contribution is -2.51. The van der Waals surface area contributed by atoms with Crippen LogP contribution in [-0.2, 0) is 17.5 Å². The van der Waals surface area contributed by atoms with Gasteiger partial charge in [-0.25, -0.2) is 0 Å². The molecule has 1 unspecified atom stereocenters. The number of likely N-dealkylation sites (N-methyl/N-ethyl adjacent to an activating group) is 1. The first-order chi connectivity index (χ1) is 9.75. The number of carboxylic acids is 1. The highest BCUT2D eigenvalue weighted by atomic mass is 19.4. The van der Waals surface area contributed by atoms with E-state index in [4.69, 9.17) is 0 Å². The van der Waals surface area contributed by atoms with Gasteiger partial charge in [0.15, 0.2) is 0 Å². The number of hydrogen-bond acceptors (Lipinski definition) is 3. The summed E-state index contributed by atoms with van der Waals surface area (Å²) in [4.78, 5) is 11.4. The molecule has 2 N–H and O–H groups in total. The summed E-state index contributed by atoms with van der Waals surface area (Å²) in [6.07, 6.45) is -1.55. The smallest absolute Gasteiger partial charge is 0.419 e. The van der Waals surface area contributed by atoms with Crippen LogP contribution in [0.4, 0.5) is 13.2 Å². The molecule has 21 heavy (non-hydrogen) atoms. The summed E-state index contributed by atoms with van der Waals surface area (Å²) in [5.74, 6) is -0.941. The molecule has 0 aliphatic heterocycles. The SMILES string of the molecule is CCNC(CC)(CCCn1cc(C(F)(F)F)cn1)C(=O)O. The van der Waals surface area contributed by atoms with E-state index in [-0.39, 0.29) is 6.54 Å². The molecule has 0 radical (unpaired) electrons. The fourth-order valence-electron chi connectivity index (χ4n) is 2.24. The van der Waals surface area contributed by atoms with Crippen molar-refractivity contribution in [2.75, 3.05) is 6.54 Å². The van der Waals surface area contributed by atoms with Crippen LogP contribution in [-0.4, -0.2) is 32.9 Å². The van der Waals surface area contributed by atoms with Gasteiger partial charge < -0.3 is 10.4 Å². The van der Waals surface area contributed by atoms with Crippen LogP contribution in [0.5, 0.6) is 0 Å². The number of aliphatic carboxylic acids is 1. The van der Waals surface area contributed by atoms with Crippen LogP contribution in [0.1, 0.15) is 38.7 Å². The van der Waals surface area contributed by atoms with Gasteiger partial charge in [-0.2, -0.15) is 18.3 Å². The summed E-state index contributed by atoms with van der Waals surface area (Å²) in [6, 6.07) is 0. The number of hydrogen-bond donors (Lipinski definition) is 2.